The average Bonchev–Trinajstić information content (AvgIpc) is 2.75. The van der Waals surface area contributed by atoms with Crippen LogP contribution >= 0.6 is 0 Å². The summed E-state index contributed by atoms with van der Waals surface area (Å²) in [6, 6.07) is 8.21. The van der Waals surface area contributed by atoms with Crippen LogP contribution in [-0.4, -0.2) is 36.8 Å². The van der Waals surface area contributed by atoms with Crippen molar-refractivity contribution in [2.45, 2.75) is 31.4 Å². The van der Waals surface area contributed by atoms with Crippen LogP contribution in [0.3, 0.4) is 0 Å². The lowest BCUT2D eigenvalue weighted by molar-refractivity contribution is 0.130. The van der Waals surface area contributed by atoms with E-state index in [0.717, 1.165) is 24.3 Å². The molecule has 0 bridgehead atoms. The van der Waals surface area contributed by atoms with Gasteiger partial charge in [0.1, 0.15) is 5.75 Å². The highest BCUT2D eigenvalue weighted by atomic mass is 16.5. The van der Waals surface area contributed by atoms with Crippen molar-refractivity contribution < 1.29 is 9.84 Å². The summed E-state index contributed by atoms with van der Waals surface area (Å²) in [7, 11) is 3.78. The quantitative estimate of drug-likeness (QED) is 0.868. The third-order valence-electron chi connectivity index (χ3n) is 3.65. The molecule has 1 unspecified atom stereocenters. The van der Waals surface area contributed by atoms with Crippen LogP contribution in [0.25, 0.3) is 0 Å². The Balaban J connectivity index is 2.00. The van der Waals surface area contributed by atoms with E-state index in [1.807, 2.05) is 24.3 Å². The van der Waals surface area contributed by atoms with Crippen LogP contribution in [0.4, 0.5) is 0 Å². The molecule has 0 radical (unpaired) electrons. The lowest BCUT2D eigenvalue weighted by Crippen LogP contribution is -2.26. The summed E-state index contributed by atoms with van der Waals surface area (Å²) in [5.41, 5.74) is 0.949. The van der Waals surface area contributed by atoms with Gasteiger partial charge in [0, 0.05) is 6.04 Å². The summed E-state index contributed by atoms with van der Waals surface area (Å²) in [6.45, 7) is 1.15. The molecule has 1 aliphatic heterocycles. The molecule has 3 heteroatoms. The van der Waals surface area contributed by atoms with Crippen LogP contribution in [0.15, 0.2) is 24.3 Å². The highest BCUT2D eigenvalue weighted by molar-refractivity contribution is 5.29. The molecule has 1 saturated heterocycles. The van der Waals surface area contributed by atoms with Gasteiger partial charge in [0.15, 0.2) is 0 Å². The Morgan fingerprint density at radius 3 is 3.00 bits per heavy atom. The van der Waals surface area contributed by atoms with Gasteiger partial charge in [0.05, 0.1) is 13.2 Å². The summed E-state index contributed by atoms with van der Waals surface area (Å²) in [4.78, 5) is 2.34. The number of hydrogen-bond donors (Lipinski definition) is 1. The second-order valence-corrected chi connectivity index (χ2v) is 4.80. The number of aliphatic hydroxyl groups excluding tert-OH is 1. The van der Waals surface area contributed by atoms with E-state index in [9.17, 15) is 5.11 Å². The molecule has 0 saturated carbocycles. The smallest absolute Gasteiger partial charge is 0.119 e. The number of ether oxygens (including phenoxy) is 1. The molecule has 3 nitrogen and oxygen atoms in total. The van der Waals surface area contributed by atoms with Crippen molar-refractivity contribution in [3.05, 3.63) is 29.8 Å². The van der Waals surface area contributed by atoms with Crippen LogP contribution in [0.1, 0.15) is 30.9 Å². The fraction of sp³-hybridized carbons (Fsp3) is 0.571. The Labute approximate surface area is 103 Å². The molecule has 1 aliphatic rings. The maximum absolute atomic E-state index is 10.2. The highest BCUT2D eigenvalue weighted by Gasteiger charge is 2.24. The van der Waals surface area contributed by atoms with E-state index in [0.29, 0.717) is 6.04 Å². The molecule has 1 aromatic rings. The van der Waals surface area contributed by atoms with Crippen LogP contribution in [-0.2, 0) is 0 Å². The molecule has 94 valence electrons. The molecule has 0 amide bonds. The van der Waals surface area contributed by atoms with Gasteiger partial charge in [0.2, 0.25) is 0 Å². The number of nitrogens with zero attached hydrogens (tertiary/aromatic N) is 1. The van der Waals surface area contributed by atoms with Crippen molar-refractivity contribution >= 4 is 0 Å². The van der Waals surface area contributed by atoms with E-state index in [-0.39, 0.29) is 0 Å². The van der Waals surface area contributed by atoms with E-state index >= 15 is 0 Å². The van der Waals surface area contributed by atoms with Crippen molar-refractivity contribution in [3.8, 4) is 5.75 Å². The first-order valence-corrected chi connectivity index (χ1v) is 6.23. The Kier molecular flexibility index (Phi) is 4.02. The lowest BCUT2D eigenvalue weighted by Gasteiger charge is -2.22. The van der Waals surface area contributed by atoms with Gasteiger partial charge in [0.25, 0.3) is 0 Å². The molecule has 1 aromatic carbocycles. The predicted octanol–water partition coefficient (Wildman–Crippen LogP) is 2.21. The molecular formula is C14H21NO2. The zero-order valence-corrected chi connectivity index (χ0v) is 10.6. The van der Waals surface area contributed by atoms with Gasteiger partial charge in [-0.15, -0.1) is 0 Å². The van der Waals surface area contributed by atoms with Crippen molar-refractivity contribution in [2.24, 2.45) is 0 Å². The zero-order chi connectivity index (χ0) is 12.3. The van der Waals surface area contributed by atoms with Crippen molar-refractivity contribution in [2.75, 3.05) is 20.7 Å². The Morgan fingerprint density at radius 2 is 2.35 bits per heavy atom. The lowest BCUT2D eigenvalue weighted by atomic mass is 10.0. The van der Waals surface area contributed by atoms with E-state index in [1.54, 1.807) is 7.11 Å². The molecule has 2 rings (SSSR count). The second kappa shape index (κ2) is 5.52. The van der Waals surface area contributed by atoms with E-state index in [2.05, 4.69) is 11.9 Å². The van der Waals surface area contributed by atoms with Crippen molar-refractivity contribution in [1.29, 1.82) is 0 Å². The van der Waals surface area contributed by atoms with Crippen molar-refractivity contribution in [1.82, 2.24) is 4.90 Å². The second-order valence-electron chi connectivity index (χ2n) is 4.80. The maximum Gasteiger partial charge on any atom is 0.119 e. The fourth-order valence-electron chi connectivity index (χ4n) is 2.52. The number of aliphatic hydroxyl groups is 1. The fourth-order valence-corrected chi connectivity index (χ4v) is 2.52. The summed E-state index contributed by atoms with van der Waals surface area (Å²) in [5, 5.41) is 10.2. The van der Waals surface area contributed by atoms with Gasteiger partial charge in [-0.05, 0) is 50.6 Å². The molecule has 1 heterocycles. The molecule has 1 fully saturated rings. The van der Waals surface area contributed by atoms with Crippen LogP contribution in [0, 0.1) is 0 Å². The Bertz CT molecular complexity index is 367. The first kappa shape index (κ1) is 12.4. The molecule has 0 aromatic heterocycles. The summed E-state index contributed by atoms with van der Waals surface area (Å²) in [5.74, 6) is 0.807. The van der Waals surface area contributed by atoms with Crippen LogP contribution in [0.5, 0.6) is 5.75 Å². The number of methoxy groups -OCH3 is 1. The molecule has 0 aliphatic carbocycles. The SMILES string of the molecule is COc1cccc([C@H](O)CC2CCCN2C)c1. The molecular weight excluding hydrogens is 214 g/mol. The third kappa shape index (κ3) is 2.99. The average molecular weight is 235 g/mol. The molecule has 2 atom stereocenters. The number of likely N-dealkylation sites (tertiary alicyclic amines) is 1. The summed E-state index contributed by atoms with van der Waals surface area (Å²) in [6.07, 6.45) is 2.85. The third-order valence-corrected chi connectivity index (χ3v) is 3.65. The number of hydrogen-bond acceptors (Lipinski definition) is 3. The van der Waals surface area contributed by atoms with E-state index in [1.165, 1.54) is 12.8 Å². The molecule has 1 N–H and O–H groups in total. The maximum atomic E-state index is 10.2. The minimum absolute atomic E-state index is 0.393. The number of rotatable bonds is 4. The minimum Gasteiger partial charge on any atom is -0.497 e. The number of benzene rings is 1. The summed E-state index contributed by atoms with van der Waals surface area (Å²) < 4.78 is 5.17. The summed E-state index contributed by atoms with van der Waals surface area (Å²) >= 11 is 0. The largest absolute Gasteiger partial charge is 0.497 e. The van der Waals surface area contributed by atoms with Crippen molar-refractivity contribution in [3.63, 3.8) is 0 Å². The van der Waals surface area contributed by atoms with Crippen LogP contribution < -0.4 is 4.74 Å². The zero-order valence-electron chi connectivity index (χ0n) is 10.6. The van der Waals surface area contributed by atoms with Gasteiger partial charge >= 0.3 is 0 Å². The van der Waals surface area contributed by atoms with Gasteiger partial charge in [-0.25, -0.2) is 0 Å². The minimum atomic E-state index is -0.393. The first-order valence-electron chi connectivity index (χ1n) is 6.23. The predicted molar refractivity (Wildman–Crippen MR) is 68.2 cm³/mol. The van der Waals surface area contributed by atoms with Gasteiger partial charge < -0.3 is 14.7 Å². The first-order chi connectivity index (χ1) is 8.20. The Hall–Kier alpha value is -1.06. The monoisotopic (exact) mass is 235 g/mol. The van der Waals surface area contributed by atoms with Gasteiger partial charge in [-0.2, -0.15) is 0 Å². The highest BCUT2D eigenvalue weighted by Crippen LogP contribution is 2.27. The van der Waals surface area contributed by atoms with E-state index < -0.39 is 6.10 Å². The standard InChI is InChI=1S/C14H21NO2/c1-15-8-4-6-12(15)10-14(16)11-5-3-7-13(9-11)17-2/h3,5,7,9,12,14,16H,4,6,8,10H2,1-2H3/t12?,14-/m1/s1. The van der Waals surface area contributed by atoms with E-state index in [4.69, 9.17) is 4.74 Å². The van der Waals surface area contributed by atoms with Crippen LogP contribution in [0.2, 0.25) is 0 Å². The molecule has 0 spiro atoms. The van der Waals surface area contributed by atoms with Gasteiger partial charge in [-0.3, -0.25) is 0 Å². The Morgan fingerprint density at radius 1 is 1.53 bits per heavy atom. The molecule has 17 heavy (non-hydrogen) atoms. The normalized spacial score (nSPS) is 22.6. The van der Waals surface area contributed by atoms with Gasteiger partial charge in [-0.1, -0.05) is 12.1 Å². The topological polar surface area (TPSA) is 32.7 Å².